The number of carbonyl (C=O) groups is 1. The van der Waals surface area contributed by atoms with Crippen molar-refractivity contribution in [1.82, 2.24) is 4.98 Å². The third-order valence-electron chi connectivity index (χ3n) is 3.83. The first-order chi connectivity index (χ1) is 11.7. The van der Waals surface area contributed by atoms with Gasteiger partial charge in [0.05, 0.1) is 11.3 Å². The molecule has 0 aliphatic carbocycles. The van der Waals surface area contributed by atoms with E-state index in [1.807, 2.05) is 30.3 Å². The van der Waals surface area contributed by atoms with Crippen molar-refractivity contribution >= 4 is 23.0 Å². The van der Waals surface area contributed by atoms with E-state index in [4.69, 9.17) is 0 Å². The molecule has 2 N–H and O–H groups in total. The highest BCUT2D eigenvalue weighted by Gasteiger charge is 2.08. The van der Waals surface area contributed by atoms with Crippen LogP contribution in [-0.2, 0) is 0 Å². The second-order valence-corrected chi connectivity index (χ2v) is 5.56. The molecule has 5 heteroatoms. The van der Waals surface area contributed by atoms with Crippen molar-refractivity contribution in [2.75, 3.05) is 35.2 Å². The molecule has 0 aliphatic rings. The first-order valence-electron chi connectivity index (χ1n) is 8.53. The molecule has 0 atom stereocenters. The fourth-order valence-electron chi connectivity index (χ4n) is 2.48. The van der Waals surface area contributed by atoms with E-state index in [2.05, 4.69) is 41.3 Å². The highest BCUT2D eigenvalue weighted by molar-refractivity contribution is 6.04. The number of benzene rings is 1. The summed E-state index contributed by atoms with van der Waals surface area (Å²) in [5.41, 5.74) is 3.35. The van der Waals surface area contributed by atoms with Crippen LogP contribution in [-0.4, -0.2) is 30.5 Å². The molecule has 0 spiro atoms. The van der Waals surface area contributed by atoms with Crippen LogP contribution < -0.4 is 15.5 Å². The maximum absolute atomic E-state index is 12.4. The van der Waals surface area contributed by atoms with E-state index in [1.165, 1.54) is 0 Å². The van der Waals surface area contributed by atoms with Crippen molar-refractivity contribution < 1.29 is 4.79 Å². The van der Waals surface area contributed by atoms with Gasteiger partial charge in [-0.3, -0.25) is 9.78 Å². The summed E-state index contributed by atoms with van der Waals surface area (Å²) < 4.78 is 0. The zero-order chi connectivity index (χ0) is 17.4. The molecule has 1 amide bonds. The number of rotatable bonds is 8. The molecule has 1 aromatic carbocycles. The van der Waals surface area contributed by atoms with Gasteiger partial charge in [0.1, 0.15) is 0 Å². The van der Waals surface area contributed by atoms with Crippen molar-refractivity contribution in [3.05, 3.63) is 48.3 Å². The van der Waals surface area contributed by atoms with Gasteiger partial charge in [-0.25, -0.2) is 0 Å². The second-order valence-electron chi connectivity index (χ2n) is 5.56. The van der Waals surface area contributed by atoms with Crippen LogP contribution in [0.4, 0.5) is 17.1 Å². The molecule has 0 bridgehead atoms. The second kappa shape index (κ2) is 8.91. The average Bonchev–Trinajstić information content (AvgIpc) is 2.62. The smallest absolute Gasteiger partial charge is 0.257 e. The predicted octanol–water partition coefficient (Wildman–Crippen LogP) is 4.00. The molecule has 0 radical (unpaired) electrons. The maximum Gasteiger partial charge on any atom is 0.257 e. The first-order valence-corrected chi connectivity index (χ1v) is 8.53. The van der Waals surface area contributed by atoms with Crippen molar-refractivity contribution in [3.8, 4) is 0 Å². The Morgan fingerprint density at radius 3 is 2.38 bits per heavy atom. The lowest BCUT2D eigenvalue weighted by molar-refractivity contribution is 0.102. The maximum atomic E-state index is 12.4. The van der Waals surface area contributed by atoms with Crippen molar-refractivity contribution in [3.63, 3.8) is 0 Å². The van der Waals surface area contributed by atoms with Crippen LogP contribution in [0.2, 0.25) is 0 Å². The normalized spacial score (nSPS) is 10.3. The quantitative estimate of drug-likeness (QED) is 0.770. The monoisotopic (exact) mass is 326 g/mol. The molecule has 0 unspecified atom stereocenters. The largest absolute Gasteiger partial charge is 0.384 e. The van der Waals surface area contributed by atoms with Gasteiger partial charge < -0.3 is 15.5 Å². The van der Waals surface area contributed by atoms with Gasteiger partial charge in [0.15, 0.2) is 0 Å². The van der Waals surface area contributed by atoms with Crippen LogP contribution in [0.25, 0.3) is 0 Å². The Kier molecular flexibility index (Phi) is 6.61. The standard InChI is InChI=1S/C19H26N4O/c1-4-11-21-17-12-15(13-20-14-17)19(24)22-16-7-9-18(10-8-16)23(5-2)6-3/h7-10,12-14,21H,4-6,11H2,1-3H3,(H,22,24). The van der Waals surface area contributed by atoms with Gasteiger partial charge in [0.25, 0.3) is 5.91 Å². The van der Waals surface area contributed by atoms with Gasteiger partial charge in [-0.05, 0) is 50.6 Å². The van der Waals surface area contributed by atoms with E-state index in [-0.39, 0.29) is 5.91 Å². The summed E-state index contributed by atoms with van der Waals surface area (Å²) in [5.74, 6) is -0.154. The Balaban J connectivity index is 2.04. The Hall–Kier alpha value is -2.56. The van der Waals surface area contributed by atoms with Gasteiger partial charge in [-0.1, -0.05) is 6.92 Å². The fourth-order valence-corrected chi connectivity index (χ4v) is 2.48. The molecule has 5 nitrogen and oxygen atoms in total. The minimum Gasteiger partial charge on any atom is -0.384 e. The van der Waals surface area contributed by atoms with Gasteiger partial charge in [-0.15, -0.1) is 0 Å². The molecule has 1 aromatic heterocycles. The molecule has 128 valence electrons. The predicted molar refractivity (Wildman–Crippen MR) is 101 cm³/mol. The van der Waals surface area contributed by atoms with E-state index in [0.29, 0.717) is 5.56 Å². The van der Waals surface area contributed by atoms with Crippen LogP contribution >= 0.6 is 0 Å². The highest BCUT2D eigenvalue weighted by atomic mass is 16.1. The summed E-state index contributed by atoms with van der Waals surface area (Å²) in [6.45, 7) is 9.15. The van der Waals surface area contributed by atoms with Gasteiger partial charge in [-0.2, -0.15) is 0 Å². The van der Waals surface area contributed by atoms with E-state index in [9.17, 15) is 4.79 Å². The fraction of sp³-hybridized carbons (Fsp3) is 0.368. The molecule has 0 fully saturated rings. The Morgan fingerprint density at radius 1 is 1.04 bits per heavy atom. The molecule has 0 aliphatic heterocycles. The molecule has 24 heavy (non-hydrogen) atoms. The molecular weight excluding hydrogens is 300 g/mol. The number of hydrogen-bond acceptors (Lipinski definition) is 4. The highest BCUT2D eigenvalue weighted by Crippen LogP contribution is 2.18. The van der Waals surface area contributed by atoms with Gasteiger partial charge in [0, 0.05) is 43.4 Å². The Bertz CT molecular complexity index is 651. The van der Waals surface area contributed by atoms with Crippen LogP contribution in [0.5, 0.6) is 0 Å². The third kappa shape index (κ3) is 4.72. The van der Waals surface area contributed by atoms with Gasteiger partial charge in [0.2, 0.25) is 0 Å². The van der Waals surface area contributed by atoms with Crippen molar-refractivity contribution in [2.24, 2.45) is 0 Å². The molecule has 2 aromatic rings. The summed E-state index contributed by atoms with van der Waals surface area (Å²) in [4.78, 5) is 18.8. The van der Waals surface area contributed by atoms with Gasteiger partial charge >= 0.3 is 0 Å². The summed E-state index contributed by atoms with van der Waals surface area (Å²) >= 11 is 0. The number of amides is 1. The van der Waals surface area contributed by atoms with Crippen LogP contribution in [0.3, 0.4) is 0 Å². The lowest BCUT2D eigenvalue weighted by Crippen LogP contribution is -2.21. The molecular formula is C19H26N4O. The van der Waals surface area contributed by atoms with Crippen molar-refractivity contribution in [2.45, 2.75) is 27.2 Å². The topological polar surface area (TPSA) is 57.3 Å². The minimum absolute atomic E-state index is 0.154. The number of anilines is 3. The number of nitrogens with zero attached hydrogens (tertiary/aromatic N) is 2. The zero-order valence-corrected chi connectivity index (χ0v) is 14.7. The molecule has 0 saturated heterocycles. The molecule has 0 saturated carbocycles. The summed E-state index contributed by atoms with van der Waals surface area (Å²) in [6.07, 6.45) is 4.33. The van der Waals surface area contributed by atoms with E-state index < -0.39 is 0 Å². The van der Waals surface area contributed by atoms with E-state index >= 15 is 0 Å². The SMILES string of the molecule is CCCNc1cncc(C(=O)Nc2ccc(N(CC)CC)cc2)c1. The van der Waals surface area contributed by atoms with E-state index in [0.717, 1.165) is 43.1 Å². The number of carbonyl (C=O) groups excluding carboxylic acids is 1. The number of pyridine rings is 1. The zero-order valence-electron chi connectivity index (χ0n) is 14.7. The van der Waals surface area contributed by atoms with Crippen LogP contribution in [0, 0.1) is 0 Å². The lowest BCUT2D eigenvalue weighted by Gasteiger charge is -2.21. The number of nitrogens with one attached hydrogen (secondary N) is 2. The number of hydrogen-bond donors (Lipinski definition) is 2. The third-order valence-corrected chi connectivity index (χ3v) is 3.83. The van der Waals surface area contributed by atoms with Crippen LogP contribution in [0.1, 0.15) is 37.6 Å². The summed E-state index contributed by atoms with van der Waals surface area (Å²) in [5, 5.41) is 6.16. The van der Waals surface area contributed by atoms with E-state index in [1.54, 1.807) is 12.4 Å². The summed E-state index contributed by atoms with van der Waals surface area (Å²) in [7, 11) is 0. The van der Waals surface area contributed by atoms with Crippen LogP contribution in [0.15, 0.2) is 42.7 Å². The summed E-state index contributed by atoms with van der Waals surface area (Å²) in [6, 6.07) is 9.73. The minimum atomic E-state index is -0.154. The Morgan fingerprint density at radius 2 is 1.75 bits per heavy atom. The Labute approximate surface area is 144 Å². The lowest BCUT2D eigenvalue weighted by atomic mass is 10.2. The molecule has 1 heterocycles. The average molecular weight is 326 g/mol. The van der Waals surface area contributed by atoms with Crippen molar-refractivity contribution in [1.29, 1.82) is 0 Å². The number of aromatic nitrogens is 1. The first kappa shape index (κ1) is 17.8. The molecule has 2 rings (SSSR count).